The second-order valence-corrected chi connectivity index (χ2v) is 14.8. The summed E-state index contributed by atoms with van der Waals surface area (Å²) in [7, 11) is 4.47. The van der Waals surface area contributed by atoms with E-state index >= 15 is 0 Å². The standard InChI is InChI=1S/C38H58N4O11/c1-22(2)26(16-25-12-13-29(48-9)31(17-25)50-15-11-14-47-8)18-28-30(19-27(23(3)4)33(43)40-20-38(6,7)35(39)45)52-37(42(28)36(46)49-10)53-34(44)32-24(5)41-21-51-32/h12-13,17,21-23,26-28,30,37H,11,14-16,18-20H2,1-10H3,(H2,39,45)(H,40,43)/t26-,27-,28-,30-,37?/m0/s1. The van der Waals surface area contributed by atoms with E-state index in [0.29, 0.717) is 49.7 Å². The molecule has 15 heteroatoms. The molecule has 1 aliphatic heterocycles. The first kappa shape index (κ1) is 43.0. The van der Waals surface area contributed by atoms with Gasteiger partial charge in [-0.05, 0) is 75.5 Å². The molecule has 3 N–H and O–H groups in total. The third-order valence-electron chi connectivity index (χ3n) is 9.79. The molecule has 0 spiro atoms. The first-order valence-electron chi connectivity index (χ1n) is 18.0. The third kappa shape index (κ3) is 11.6. The number of hydrogen-bond donors (Lipinski definition) is 2. The van der Waals surface area contributed by atoms with Crippen molar-refractivity contribution in [2.24, 2.45) is 34.8 Å². The van der Waals surface area contributed by atoms with Crippen molar-refractivity contribution < 1.29 is 52.0 Å². The number of primary amides is 1. The number of oxazole rings is 1. The molecule has 0 radical (unpaired) electrons. The minimum Gasteiger partial charge on any atom is -0.493 e. The van der Waals surface area contributed by atoms with E-state index in [4.69, 9.17) is 38.6 Å². The first-order chi connectivity index (χ1) is 25.0. The zero-order valence-corrected chi connectivity index (χ0v) is 32.8. The normalized spacial score (nSPS) is 18.5. The third-order valence-corrected chi connectivity index (χ3v) is 9.79. The summed E-state index contributed by atoms with van der Waals surface area (Å²) in [5.74, 6) is -1.29. The van der Waals surface area contributed by atoms with Crippen LogP contribution in [0.3, 0.4) is 0 Å². The Hall–Kier alpha value is -4.37. The molecule has 3 amide bonds. The summed E-state index contributed by atoms with van der Waals surface area (Å²) in [6.07, 6.45) is 0.000102. The molecule has 1 aromatic carbocycles. The van der Waals surface area contributed by atoms with E-state index < -0.39 is 47.9 Å². The van der Waals surface area contributed by atoms with E-state index in [1.54, 1.807) is 35.0 Å². The number of hydrogen-bond acceptors (Lipinski definition) is 12. The monoisotopic (exact) mass is 746 g/mol. The number of rotatable bonds is 20. The minimum atomic E-state index is -1.49. The highest BCUT2D eigenvalue weighted by atomic mass is 16.7. The van der Waals surface area contributed by atoms with Gasteiger partial charge in [-0.2, -0.15) is 0 Å². The van der Waals surface area contributed by atoms with Crippen LogP contribution in [0.5, 0.6) is 11.5 Å². The van der Waals surface area contributed by atoms with Crippen molar-refractivity contribution in [1.29, 1.82) is 0 Å². The zero-order valence-electron chi connectivity index (χ0n) is 32.8. The zero-order chi connectivity index (χ0) is 39.5. The molecule has 0 aliphatic carbocycles. The molecule has 1 saturated heterocycles. The van der Waals surface area contributed by atoms with Gasteiger partial charge in [0.2, 0.25) is 17.6 Å². The molecular weight excluding hydrogens is 688 g/mol. The number of esters is 1. The van der Waals surface area contributed by atoms with Crippen LogP contribution < -0.4 is 20.5 Å². The Labute approximate surface area is 312 Å². The Balaban J connectivity index is 1.99. The lowest BCUT2D eigenvalue weighted by atomic mass is 9.80. The van der Waals surface area contributed by atoms with Crippen molar-refractivity contribution in [3.8, 4) is 11.5 Å². The summed E-state index contributed by atoms with van der Waals surface area (Å²) in [6, 6.07) is 5.13. The van der Waals surface area contributed by atoms with E-state index in [1.807, 2.05) is 32.0 Å². The lowest BCUT2D eigenvalue weighted by molar-refractivity contribution is -0.152. The van der Waals surface area contributed by atoms with Crippen LogP contribution in [0, 0.1) is 36.0 Å². The lowest BCUT2D eigenvalue weighted by Gasteiger charge is -2.33. The molecule has 1 aromatic heterocycles. The van der Waals surface area contributed by atoms with Crippen LogP contribution in [0.4, 0.5) is 4.79 Å². The highest BCUT2D eigenvalue weighted by Gasteiger charge is 2.50. The van der Waals surface area contributed by atoms with E-state index in [-0.39, 0.29) is 42.4 Å². The molecule has 53 heavy (non-hydrogen) atoms. The van der Waals surface area contributed by atoms with Gasteiger partial charge in [-0.25, -0.2) is 19.5 Å². The summed E-state index contributed by atoms with van der Waals surface area (Å²) >= 11 is 0. The predicted molar refractivity (Wildman–Crippen MR) is 194 cm³/mol. The Kier molecular flexibility index (Phi) is 15.9. The second-order valence-electron chi connectivity index (χ2n) is 14.8. The minimum absolute atomic E-state index is 0.0262. The maximum Gasteiger partial charge on any atom is 0.414 e. The molecule has 1 unspecified atom stereocenters. The highest BCUT2D eigenvalue weighted by Crippen LogP contribution is 2.38. The number of carbonyl (C=O) groups excluding carboxylic acids is 4. The van der Waals surface area contributed by atoms with E-state index in [2.05, 4.69) is 24.1 Å². The molecule has 1 aliphatic rings. The number of benzene rings is 1. The van der Waals surface area contributed by atoms with E-state index in [1.165, 1.54) is 12.0 Å². The van der Waals surface area contributed by atoms with Gasteiger partial charge in [0.25, 0.3) is 6.41 Å². The fraction of sp³-hybridized carbons (Fsp3) is 0.658. The molecule has 0 bridgehead atoms. The number of nitrogens with one attached hydrogen (secondary N) is 1. The van der Waals surface area contributed by atoms with Crippen molar-refractivity contribution in [3.63, 3.8) is 0 Å². The van der Waals surface area contributed by atoms with Crippen LogP contribution in [-0.2, 0) is 35.0 Å². The van der Waals surface area contributed by atoms with Gasteiger partial charge in [0.15, 0.2) is 17.9 Å². The summed E-state index contributed by atoms with van der Waals surface area (Å²) in [4.78, 5) is 57.7. The van der Waals surface area contributed by atoms with Crippen LogP contribution in [0.2, 0.25) is 0 Å². The molecule has 15 nitrogen and oxygen atoms in total. The van der Waals surface area contributed by atoms with Crippen molar-refractivity contribution >= 4 is 23.9 Å². The highest BCUT2D eigenvalue weighted by molar-refractivity contribution is 5.87. The number of carbonyl (C=O) groups is 4. The largest absolute Gasteiger partial charge is 0.493 e. The van der Waals surface area contributed by atoms with Crippen LogP contribution in [-0.4, -0.2) is 93.4 Å². The van der Waals surface area contributed by atoms with Crippen LogP contribution >= 0.6 is 0 Å². The summed E-state index contributed by atoms with van der Waals surface area (Å²) in [5, 5.41) is 2.88. The van der Waals surface area contributed by atoms with Crippen LogP contribution in [0.15, 0.2) is 29.0 Å². The van der Waals surface area contributed by atoms with Gasteiger partial charge >= 0.3 is 12.1 Å². The number of aryl methyl sites for hydroxylation is 1. The van der Waals surface area contributed by atoms with Crippen LogP contribution in [0.1, 0.15) is 82.6 Å². The number of methoxy groups -OCH3 is 3. The molecule has 3 rings (SSSR count). The summed E-state index contributed by atoms with van der Waals surface area (Å²) < 4.78 is 39.3. The molecule has 5 atom stereocenters. The van der Waals surface area contributed by atoms with Crippen molar-refractivity contribution in [2.45, 2.75) is 92.7 Å². The first-order valence-corrected chi connectivity index (χ1v) is 18.0. The van der Waals surface area contributed by atoms with Gasteiger partial charge < -0.3 is 43.9 Å². The van der Waals surface area contributed by atoms with Crippen molar-refractivity contribution in [1.82, 2.24) is 15.2 Å². The fourth-order valence-electron chi connectivity index (χ4n) is 6.18. The molecule has 0 saturated carbocycles. The van der Waals surface area contributed by atoms with Gasteiger partial charge in [-0.1, -0.05) is 33.8 Å². The molecule has 2 aromatic rings. The Morgan fingerprint density at radius 2 is 1.74 bits per heavy atom. The van der Waals surface area contributed by atoms with E-state index in [9.17, 15) is 19.2 Å². The van der Waals surface area contributed by atoms with Crippen molar-refractivity contribution in [3.05, 3.63) is 41.6 Å². The second kappa shape index (κ2) is 19.6. The number of nitrogens with zero attached hydrogens (tertiary/aromatic N) is 2. The summed E-state index contributed by atoms with van der Waals surface area (Å²) in [5.41, 5.74) is 5.88. The number of nitrogens with two attached hydrogens (primary N) is 1. The number of ether oxygens (including phenoxy) is 6. The molecule has 2 heterocycles. The van der Waals surface area contributed by atoms with Gasteiger partial charge in [0, 0.05) is 32.6 Å². The van der Waals surface area contributed by atoms with Gasteiger partial charge in [0.1, 0.15) is 0 Å². The van der Waals surface area contributed by atoms with Gasteiger partial charge in [0.05, 0.1) is 44.1 Å². The molecule has 1 fully saturated rings. The SMILES string of the molecule is COCCCOc1cc(C[C@@H](C[C@H]2[C@H](C[C@H](C(=O)NCC(C)(C)C(N)=O)C(C)C)OC(OC(=O)c3ocnc3C)N2C(=O)OC)C(C)C)ccc1OC. The molecule has 296 valence electrons. The quantitative estimate of drug-likeness (QED) is 0.138. The number of aromatic nitrogens is 1. The molecular formula is C38H58N4O11. The predicted octanol–water partition coefficient (Wildman–Crippen LogP) is 4.88. The fourth-order valence-corrected chi connectivity index (χ4v) is 6.18. The average Bonchev–Trinajstić information content (AvgIpc) is 3.69. The lowest BCUT2D eigenvalue weighted by Crippen LogP contribution is -2.48. The topological polar surface area (TPSA) is 191 Å². The van der Waals surface area contributed by atoms with Crippen LogP contribution in [0.25, 0.3) is 0 Å². The smallest absolute Gasteiger partial charge is 0.414 e. The summed E-state index contributed by atoms with van der Waals surface area (Å²) in [6.45, 7) is 14.0. The van der Waals surface area contributed by atoms with Gasteiger partial charge in [-0.3, -0.25) is 9.59 Å². The van der Waals surface area contributed by atoms with E-state index in [0.717, 1.165) is 12.0 Å². The maximum atomic E-state index is 13.7. The Bertz CT molecular complexity index is 1520. The van der Waals surface area contributed by atoms with Gasteiger partial charge in [-0.15, -0.1) is 0 Å². The number of amides is 3. The Morgan fingerprint density at radius 3 is 2.30 bits per heavy atom. The average molecular weight is 747 g/mol. The Morgan fingerprint density at radius 1 is 1.02 bits per heavy atom. The maximum absolute atomic E-state index is 13.7. The van der Waals surface area contributed by atoms with Crippen molar-refractivity contribution in [2.75, 3.05) is 41.1 Å².